The Morgan fingerprint density at radius 2 is 1.92 bits per heavy atom. The van der Waals surface area contributed by atoms with Crippen LogP contribution < -0.4 is 10.6 Å². The average molecular weight is 388 g/mol. The van der Waals surface area contributed by atoms with E-state index in [1.807, 2.05) is 18.8 Å². The molecule has 1 amide bonds. The van der Waals surface area contributed by atoms with Gasteiger partial charge in [-0.15, -0.1) is 0 Å². The monoisotopic (exact) mass is 387 g/mol. The van der Waals surface area contributed by atoms with Crippen molar-refractivity contribution in [3.8, 4) is 0 Å². The number of thioether (sulfide) groups is 1. The summed E-state index contributed by atoms with van der Waals surface area (Å²) in [7, 11) is 3.26. The molecule has 2 fully saturated rings. The van der Waals surface area contributed by atoms with Crippen molar-refractivity contribution in [2.45, 2.75) is 75.1 Å². The van der Waals surface area contributed by atoms with E-state index in [1.54, 1.807) is 4.90 Å². The standard InChI is InChI=1S/C18H33N3O4S/c1-21(11-7-3-4-10-16(23)25-2)15(22)9-6-5-8-14-17-13(12-26-14)19-18(24)20-17/h13-14,17-20,24H,3-12H2,1-2H3. The summed E-state index contributed by atoms with van der Waals surface area (Å²) in [6.45, 7) is 0.746. The van der Waals surface area contributed by atoms with Gasteiger partial charge in [-0.25, -0.2) is 0 Å². The molecule has 0 aromatic carbocycles. The van der Waals surface area contributed by atoms with Gasteiger partial charge < -0.3 is 14.7 Å². The van der Waals surface area contributed by atoms with E-state index in [0.29, 0.717) is 30.2 Å². The molecule has 0 aromatic heterocycles. The molecule has 8 heteroatoms. The smallest absolute Gasteiger partial charge is 0.305 e. The summed E-state index contributed by atoms with van der Waals surface area (Å²) in [5, 5.41) is 16.5. The first-order chi connectivity index (χ1) is 12.5. The number of aliphatic hydroxyl groups excluding tert-OH is 1. The Hall–Kier alpha value is -0.830. The van der Waals surface area contributed by atoms with E-state index >= 15 is 0 Å². The summed E-state index contributed by atoms with van der Waals surface area (Å²) in [5.74, 6) is 1.07. The van der Waals surface area contributed by atoms with Gasteiger partial charge in [-0.05, 0) is 25.7 Å². The zero-order chi connectivity index (χ0) is 18.9. The average Bonchev–Trinajstić information content (AvgIpc) is 3.17. The first-order valence-corrected chi connectivity index (χ1v) is 10.7. The Bertz CT molecular complexity index is 466. The fraction of sp³-hybridized carbons (Fsp3) is 0.889. The minimum absolute atomic E-state index is 0.167. The molecular formula is C18H33N3O4S. The number of aliphatic hydroxyl groups is 1. The third kappa shape index (κ3) is 6.72. The maximum atomic E-state index is 12.2. The molecule has 0 radical (unpaired) electrons. The van der Waals surface area contributed by atoms with Crippen LogP contribution in [0.1, 0.15) is 51.4 Å². The number of nitrogens with zero attached hydrogens (tertiary/aromatic N) is 1. The Kier molecular flexibility index (Phi) is 9.18. The van der Waals surface area contributed by atoms with Crippen LogP contribution in [0.5, 0.6) is 0 Å². The molecule has 4 atom stereocenters. The van der Waals surface area contributed by atoms with Crippen molar-refractivity contribution in [1.82, 2.24) is 15.5 Å². The number of unbranched alkanes of at least 4 members (excludes halogenated alkanes) is 3. The SMILES string of the molecule is COC(=O)CCCCCN(C)C(=O)CCCCC1SCC2NC(O)NC21. The Morgan fingerprint density at radius 1 is 1.15 bits per heavy atom. The van der Waals surface area contributed by atoms with E-state index in [-0.39, 0.29) is 11.9 Å². The number of fused-ring (bicyclic) bond motifs is 1. The lowest BCUT2D eigenvalue weighted by atomic mass is 10.0. The zero-order valence-corrected chi connectivity index (χ0v) is 16.7. The number of methoxy groups -OCH3 is 1. The molecule has 2 saturated heterocycles. The van der Waals surface area contributed by atoms with Gasteiger partial charge in [-0.2, -0.15) is 11.8 Å². The Morgan fingerprint density at radius 3 is 2.69 bits per heavy atom. The summed E-state index contributed by atoms with van der Waals surface area (Å²) in [6, 6.07) is 0.713. The summed E-state index contributed by atoms with van der Waals surface area (Å²) >= 11 is 1.96. The van der Waals surface area contributed by atoms with Crippen molar-refractivity contribution >= 4 is 23.6 Å². The number of carbonyl (C=O) groups is 2. The van der Waals surface area contributed by atoms with Crippen LogP contribution in [0.2, 0.25) is 0 Å². The molecule has 2 heterocycles. The van der Waals surface area contributed by atoms with E-state index in [2.05, 4.69) is 15.4 Å². The largest absolute Gasteiger partial charge is 0.469 e. The first kappa shape index (κ1) is 21.5. The number of esters is 1. The van der Waals surface area contributed by atoms with Crippen molar-refractivity contribution in [2.24, 2.45) is 0 Å². The topological polar surface area (TPSA) is 90.9 Å². The fourth-order valence-electron chi connectivity index (χ4n) is 3.60. The van der Waals surface area contributed by atoms with Gasteiger partial charge in [0.2, 0.25) is 5.91 Å². The maximum absolute atomic E-state index is 12.2. The number of ether oxygens (including phenoxy) is 1. The number of amides is 1. The van der Waals surface area contributed by atoms with E-state index in [0.717, 1.165) is 50.8 Å². The van der Waals surface area contributed by atoms with Crippen LogP contribution in [-0.4, -0.2) is 72.0 Å². The molecule has 0 aromatic rings. The quantitative estimate of drug-likeness (QED) is 0.361. The normalized spacial score (nSPS) is 27.3. The predicted octanol–water partition coefficient (Wildman–Crippen LogP) is 1.06. The van der Waals surface area contributed by atoms with Crippen LogP contribution in [0.15, 0.2) is 0 Å². The van der Waals surface area contributed by atoms with E-state index in [9.17, 15) is 14.7 Å². The Labute approximate surface area is 160 Å². The molecule has 4 unspecified atom stereocenters. The fourth-order valence-corrected chi connectivity index (χ4v) is 5.17. The van der Waals surface area contributed by atoms with Crippen molar-refractivity contribution < 1.29 is 19.4 Å². The van der Waals surface area contributed by atoms with Crippen molar-refractivity contribution in [2.75, 3.05) is 26.5 Å². The highest BCUT2D eigenvalue weighted by atomic mass is 32.2. The van der Waals surface area contributed by atoms with Crippen LogP contribution in [0.3, 0.4) is 0 Å². The van der Waals surface area contributed by atoms with Gasteiger partial charge >= 0.3 is 5.97 Å². The van der Waals surface area contributed by atoms with Crippen LogP contribution >= 0.6 is 11.8 Å². The highest BCUT2D eigenvalue weighted by Gasteiger charge is 2.42. The minimum Gasteiger partial charge on any atom is -0.469 e. The number of rotatable bonds is 11. The number of hydrogen-bond acceptors (Lipinski definition) is 7. The number of carbonyl (C=O) groups excluding carboxylic acids is 2. The zero-order valence-electron chi connectivity index (χ0n) is 15.9. The van der Waals surface area contributed by atoms with Crippen LogP contribution in [0, 0.1) is 0 Å². The summed E-state index contributed by atoms with van der Waals surface area (Å²) in [6.07, 6.45) is 6.17. The number of nitrogens with one attached hydrogen (secondary N) is 2. The molecule has 7 nitrogen and oxygen atoms in total. The molecule has 2 rings (SSSR count). The van der Waals surface area contributed by atoms with Crippen LogP contribution in [-0.2, 0) is 14.3 Å². The molecule has 0 aliphatic carbocycles. The van der Waals surface area contributed by atoms with Crippen molar-refractivity contribution in [1.29, 1.82) is 0 Å². The van der Waals surface area contributed by atoms with Gasteiger partial charge in [0.05, 0.1) is 7.11 Å². The lowest BCUT2D eigenvalue weighted by molar-refractivity contribution is -0.140. The molecule has 26 heavy (non-hydrogen) atoms. The second kappa shape index (κ2) is 11.1. The van der Waals surface area contributed by atoms with Gasteiger partial charge in [-0.1, -0.05) is 12.8 Å². The predicted molar refractivity (Wildman–Crippen MR) is 103 cm³/mol. The molecule has 0 saturated carbocycles. The molecule has 0 spiro atoms. The Balaban J connectivity index is 1.50. The molecule has 2 aliphatic heterocycles. The van der Waals surface area contributed by atoms with Crippen LogP contribution in [0.4, 0.5) is 0 Å². The summed E-state index contributed by atoms with van der Waals surface area (Å²) in [4.78, 5) is 25.0. The van der Waals surface area contributed by atoms with Gasteiger partial charge in [0.25, 0.3) is 0 Å². The molecular weight excluding hydrogens is 354 g/mol. The maximum Gasteiger partial charge on any atom is 0.305 e. The lowest BCUT2D eigenvalue weighted by Gasteiger charge is -2.19. The van der Waals surface area contributed by atoms with Gasteiger partial charge in [0.15, 0.2) is 6.35 Å². The van der Waals surface area contributed by atoms with Crippen molar-refractivity contribution in [3.63, 3.8) is 0 Å². The molecule has 150 valence electrons. The van der Waals surface area contributed by atoms with Gasteiger partial charge in [-0.3, -0.25) is 20.2 Å². The third-order valence-electron chi connectivity index (χ3n) is 5.20. The second-order valence-electron chi connectivity index (χ2n) is 7.19. The lowest BCUT2D eigenvalue weighted by Crippen LogP contribution is -2.38. The summed E-state index contributed by atoms with van der Waals surface area (Å²) in [5.41, 5.74) is 0. The highest BCUT2D eigenvalue weighted by Crippen LogP contribution is 2.33. The first-order valence-electron chi connectivity index (χ1n) is 9.64. The molecule has 2 aliphatic rings. The highest BCUT2D eigenvalue weighted by molar-refractivity contribution is 8.00. The third-order valence-corrected chi connectivity index (χ3v) is 6.71. The van der Waals surface area contributed by atoms with Crippen LogP contribution in [0.25, 0.3) is 0 Å². The van der Waals surface area contributed by atoms with Crippen molar-refractivity contribution in [3.05, 3.63) is 0 Å². The molecule has 0 bridgehead atoms. The minimum atomic E-state index is -0.573. The second-order valence-corrected chi connectivity index (χ2v) is 8.46. The van der Waals surface area contributed by atoms with Gasteiger partial charge in [0.1, 0.15) is 0 Å². The summed E-state index contributed by atoms with van der Waals surface area (Å²) < 4.78 is 4.61. The van der Waals surface area contributed by atoms with Gasteiger partial charge in [0, 0.05) is 49.5 Å². The number of hydrogen-bond donors (Lipinski definition) is 3. The van der Waals surface area contributed by atoms with E-state index in [4.69, 9.17) is 0 Å². The van der Waals surface area contributed by atoms with E-state index in [1.165, 1.54) is 7.11 Å². The molecule has 3 N–H and O–H groups in total. The van der Waals surface area contributed by atoms with E-state index < -0.39 is 6.35 Å².